The van der Waals surface area contributed by atoms with Gasteiger partial charge in [0, 0.05) is 19.5 Å². The summed E-state index contributed by atoms with van der Waals surface area (Å²) in [6.45, 7) is 2.14. The molecule has 1 aromatic heterocycles. The van der Waals surface area contributed by atoms with Crippen LogP contribution in [0.1, 0.15) is 43.0 Å². The number of aromatic nitrogens is 2. The van der Waals surface area contributed by atoms with Gasteiger partial charge in [-0.3, -0.25) is 0 Å². The van der Waals surface area contributed by atoms with E-state index in [0.717, 1.165) is 19.3 Å². The van der Waals surface area contributed by atoms with E-state index in [2.05, 4.69) is 23.5 Å². The molecule has 1 atom stereocenters. The highest BCUT2D eigenvalue weighted by molar-refractivity contribution is 5.23. The average Bonchev–Trinajstić information content (AvgIpc) is 2.44. The average molecular weight is 179 g/mol. The molecule has 0 spiro atoms. The summed E-state index contributed by atoms with van der Waals surface area (Å²) in [4.78, 5) is 4.60. The second kappa shape index (κ2) is 3.14. The smallest absolute Gasteiger partial charge is 0.108 e. The van der Waals surface area contributed by atoms with E-state index in [1.807, 2.05) is 0 Å². The van der Waals surface area contributed by atoms with E-state index in [4.69, 9.17) is 5.73 Å². The van der Waals surface area contributed by atoms with Crippen molar-refractivity contribution in [3.63, 3.8) is 0 Å². The van der Waals surface area contributed by atoms with Gasteiger partial charge in [-0.2, -0.15) is 0 Å². The zero-order valence-corrected chi connectivity index (χ0v) is 8.38. The summed E-state index contributed by atoms with van der Waals surface area (Å²) in [5, 5.41) is 0. The molecular formula is C10H17N3. The maximum absolute atomic E-state index is 6.05. The van der Waals surface area contributed by atoms with Gasteiger partial charge in [0.1, 0.15) is 5.82 Å². The first-order valence-electron chi connectivity index (χ1n) is 5.04. The van der Waals surface area contributed by atoms with Gasteiger partial charge < -0.3 is 10.3 Å². The zero-order valence-electron chi connectivity index (χ0n) is 8.38. The van der Waals surface area contributed by atoms with Gasteiger partial charge in [-0.1, -0.05) is 6.92 Å². The van der Waals surface area contributed by atoms with Crippen LogP contribution in [0.25, 0.3) is 0 Å². The summed E-state index contributed by atoms with van der Waals surface area (Å²) < 4.78 is 2.18. The van der Waals surface area contributed by atoms with E-state index >= 15 is 0 Å². The van der Waals surface area contributed by atoms with Crippen molar-refractivity contribution < 1.29 is 0 Å². The first-order valence-corrected chi connectivity index (χ1v) is 5.04. The number of nitrogens with two attached hydrogens (primary N) is 1. The van der Waals surface area contributed by atoms with E-state index in [9.17, 15) is 0 Å². The Kier molecular flexibility index (Phi) is 2.12. The van der Waals surface area contributed by atoms with Gasteiger partial charge in [0.2, 0.25) is 0 Å². The van der Waals surface area contributed by atoms with Gasteiger partial charge in [-0.15, -0.1) is 0 Å². The lowest BCUT2D eigenvalue weighted by atomic mass is 9.97. The van der Waals surface area contributed by atoms with Crippen molar-refractivity contribution in [2.24, 2.45) is 12.8 Å². The second-order valence-corrected chi connectivity index (χ2v) is 3.77. The number of rotatable bonds is 1. The lowest BCUT2D eigenvalue weighted by Crippen LogP contribution is -2.20. The third-order valence-electron chi connectivity index (χ3n) is 2.90. The van der Waals surface area contributed by atoms with Crippen LogP contribution in [0.4, 0.5) is 0 Å². The Balaban J connectivity index is 2.49. The molecule has 3 nitrogen and oxygen atoms in total. The molecule has 72 valence electrons. The van der Waals surface area contributed by atoms with Crippen molar-refractivity contribution in [2.45, 2.75) is 38.6 Å². The minimum atomic E-state index is 0.210. The van der Waals surface area contributed by atoms with Gasteiger partial charge in [0.15, 0.2) is 0 Å². The molecule has 2 N–H and O–H groups in total. The predicted molar refractivity (Wildman–Crippen MR) is 52.5 cm³/mol. The van der Waals surface area contributed by atoms with Crippen LogP contribution >= 0.6 is 0 Å². The van der Waals surface area contributed by atoms with Crippen molar-refractivity contribution >= 4 is 0 Å². The van der Waals surface area contributed by atoms with Crippen LogP contribution in [0, 0.1) is 0 Å². The van der Waals surface area contributed by atoms with Gasteiger partial charge in [0.05, 0.1) is 11.4 Å². The molecule has 0 amide bonds. The summed E-state index contributed by atoms with van der Waals surface area (Å²) in [6, 6.07) is 0.210. The summed E-state index contributed by atoms with van der Waals surface area (Å²) in [6.07, 6.45) is 4.40. The number of hydrogen-bond acceptors (Lipinski definition) is 2. The third-order valence-corrected chi connectivity index (χ3v) is 2.90. The van der Waals surface area contributed by atoms with Crippen molar-refractivity contribution in [3.8, 4) is 0 Å². The molecule has 1 aliphatic carbocycles. The van der Waals surface area contributed by atoms with Gasteiger partial charge >= 0.3 is 0 Å². The highest BCUT2D eigenvalue weighted by atomic mass is 15.1. The monoisotopic (exact) mass is 179 g/mol. The van der Waals surface area contributed by atoms with E-state index < -0.39 is 0 Å². The van der Waals surface area contributed by atoms with E-state index in [1.54, 1.807) is 0 Å². The van der Waals surface area contributed by atoms with Crippen molar-refractivity contribution in [1.29, 1.82) is 0 Å². The Morgan fingerprint density at radius 1 is 1.62 bits per heavy atom. The molecule has 3 heteroatoms. The molecule has 1 heterocycles. The SMILES string of the molecule is CCc1nc2c(n1C)C(N)CCC2. The number of fused-ring (bicyclic) bond motifs is 1. The fourth-order valence-electron chi connectivity index (χ4n) is 2.21. The zero-order chi connectivity index (χ0) is 9.42. The summed E-state index contributed by atoms with van der Waals surface area (Å²) in [7, 11) is 2.08. The predicted octanol–water partition coefficient (Wildman–Crippen LogP) is 1.32. The normalized spacial score (nSPS) is 21.6. The Bertz CT molecular complexity index is 314. The summed E-state index contributed by atoms with van der Waals surface area (Å²) in [5.74, 6) is 1.17. The molecule has 0 radical (unpaired) electrons. The second-order valence-electron chi connectivity index (χ2n) is 3.77. The van der Waals surface area contributed by atoms with Crippen LogP contribution in [0.3, 0.4) is 0 Å². The first-order chi connectivity index (χ1) is 6.24. The Hall–Kier alpha value is -0.830. The van der Waals surface area contributed by atoms with E-state index in [1.165, 1.54) is 23.6 Å². The Labute approximate surface area is 79.0 Å². The minimum absolute atomic E-state index is 0.210. The largest absolute Gasteiger partial charge is 0.333 e. The van der Waals surface area contributed by atoms with E-state index in [-0.39, 0.29) is 6.04 Å². The number of hydrogen-bond donors (Lipinski definition) is 1. The Morgan fingerprint density at radius 3 is 3.00 bits per heavy atom. The Morgan fingerprint density at radius 2 is 2.38 bits per heavy atom. The fraction of sp³-hybridized carbons (Fsp3) is 0.700. The molecule has 0 bridgehead atoms. The van der Waals surface area contributed by atoms with Crippen LogP contribution in [0.15, 0.2) is 0 Å². The molecule has 0 saturated carbocycles. The minimum Gasteiger partial charge on any atom is -0.333 e. The van der Waals surface area contributed by atoms with Crippen LogP contribution < -0.4 is 5.73 Å². The van der Waals surface area contributed by atoms with Crippen LogP contribution in [0.2, 0.25) is 0 Å². The van der Waals surface area contributed by atoms with Gasteiger partial charge in [-0.25, -0.2) is 4.98 Å². The highest BCUT2D eigenvalue weighted by Gasteiger charge is 2.22. The lowest BCUT2D eigenvalue weighted by molar-refractivity contribution is 0.534. The standard InChI is InChI=1S/C10H17N3/c1-3-9-12-8-6-4-5-7(11)10(8)13(9)2/h7H,3-6,11H2,1-2H3. The van der Waals surface area contributed by atoms with Crippen molar-refractivity contribution in [1.82, 2.24) is 9.55 Å². The molecular weight excluding hydrogens is 162 g/mol. The molecule has 0 fully saturated rings. The fourth-order valence-corrected chi connectivity index (χ4v) is 2.21. The maximum atomic E-state index is 6.05. The number of imidazole rings is 1. The quantitative estimate of drug-likeness (QED) is 0.706. The lowest BCUT2D eigenvalue weighted by Gasteiger charge is -2.19. The van der Waals surface area contributed by atoms with Gasteiger partial charge in [-0.05, 0) is 19.3 Å². The van der Waals surface area contributed by atoms with Crippen LogP contribution in [0.5, 0.6) is 0 Å². The molecule has 2 rings (SSSR count). The van der Waals surface area contributed by atoms with Crippen LogP contribution in [-0.2, 0) is 19.9 Å². The topological polar surface area (TPSA) is 43.8 Å². The highest BCUT2D eigenvalue weighted by Crippen LogP contribution is 2.27. The third kappa shape index (κ3) is 1.27. The number of aryl methyl sites for hydroxylation is 2. The number of nitrogens with zero attached hydrogens (tertiary/aromatic N) is 2. The summed E-state index contributed by atoms with van der Waals surface area (Å²) in [5.41, 5.74) is 8.56. The molecule has 0 saturated heterocycles. The molecule has 1 unspecified atom stereocenters. The van der Waals surface area contributed by atoms with Crippen LogP contribution in [-0.4, -0.2) is 9.55 Å². The summed E-state index contributed by atoms with van der Waals surface area (Å²) >= 11 is 0. The molecule has 0 aromatic carbocycles. The van der Waals surface area contributed by atoms with Gasteiger partial charge in [0.25, 0.3) is 0 Å². The maximum Gasteiger partial charge on any atom is 0.108 e. The molecule has 1 aromatic rings. The molecule has 1 aliphatic rings. The van der Waals surface area contributed by atoms with E-state index in [0.29, 0.717) is 0 Å². The molecule has 0 aliphatic heterocycles. The van der Waals surface area contributed by atoms with Crippen molar-refractivity contribution in [3.05, 3.63) is 17.2 Å². The van der Waals surface area contributed by atoms with Crippen molar-refractivity contribution in [2.75, 3.05) is 0 Å². The first kappa shape index (κ1) is 8.75. The molecule has 13 heavy (non-hydrogen) atoms.